The molecule has 0 spiro atoms. The Balaban J connectivity index is 3.47. The summed E-state index contributed by atoms with van der Waals surface area (Å²) in [5.41, 5.74) is 0.567. The molecule has 5 heteroatoms. The first kappa shape index (κ1) is 9.49. The number of aryl methyl sites for hydroxylation is 1. The van der Waals surface area contributed by atoms with Gasteiger partial charge in [-0.05, 0) is 12.5 Å². The second-order valence-corrected chi connectivity index (χ2v) is 2.84. The SMILES string of the molecule is Cc1ccc([N+](=O)[O-])c(Cl)c1C#N. The van der Waals surface area contributed by atoms with Crippen LogP contribution < -0.4 is 0 Å². The maximum Gasteiger partial charge on any atom is 0.289 e. The minimum atomic E-state index is -0.609. The third-order valence-corrected chi connectivity index (χ3v) is 2.02. The Morgan fingerprint density at radius 1 is 1.62 bits per heavy atom. The summed E-state index contributed by atoms with van der Waals surface area (Å²) in [6.45, 7) is 1.67. The zero-order chi connectivity index (χ0) is 10.0. The van der Waals surface area contributed by atoms with E-state index in [0.717, 1.165) is 0 Å². The van der Waals surface area contributed by atoms with E-state index < -0.39 is 4.92 Å². The number of rotatable bonds is 1. The predicted octanol–water partition coefficient (Wildman–Crippen LogP) is 2.43. The van der Waals surface area contributed by atoms with Gasteiger partial charge in [0.15, 0.2) is 0 Å². The number of nitrogens with zero attached hydrogens (tertiary/aromatic N) is 2. The smallest absolute Gasteiger partial charge is 0.258 e. The number of hydrogen-bond donors (Lipinski definition) is 0. The highest BCUT2D eigenvalue weighted by atomic mass is 35.5. The number of benzene rings is 1. The number of nitro benzene ring substituents is 1. The third kappa shape index (κ3) is 1.60. The summed E-state index contributed by atoms with van der Waals surface area (Å²) in [5.74, 6) is 0. The Kier molecular flexibility index (Phi) is 2.49. The number of hydrogen-bond acceptors (Lipinski definition) is 3. The summed E-state index contributed by atoms with van der Waals surface area (Å²) >= 11 is 5.65. The van der Waals surface area contributed by atoms with Crippen molar-refractivity contribution in [2.75, 3.05) is 0 Å². The van der Waals surface area contributed by atoms with E-state index in [9.17, 15) is 10.1 Å². The van der Waals surface area contributed by atoms with Crippen molar-refractivity contribution in [3.8, 4) is 6.07 Å². The van der Waals surface area contributed by atoms with Crippen molar-refractivity contribution < 1.29 is 4.92 Å². The summed E-state index contributed by atoms with van der Waals surface area (Å²) in [7, 11) is 0. The van der Waals surface area contributed by atoms with Gasteiger partial charge in [-0.25, -0.2) is 0 Å². The van der Waals surface area contributed by atoms with Crippen LogP contribution in [-0.2, 0) is 0 Å². The number of nitriles is 1. The van der Waals surface area contributed by atoms with Gasteiger partial charge in [-0.3, -0.25) is 10.1 Å². The van der Waals surface area contributed by atoms with E-state index >= 15 is 0 Å². The van der Waals surface area contributed by atoms with Crippen molar-refractivity contribution in [2.45, 2.75) is 6.92 Å². The summed E-state index contributed by atoms with van der Waals surface area (Å²) in [6, 6.07) is 4.62. The summed E-state index contributed by atoms with van der Waals surface area (Å²) < 4.78 is 0. The molecular formula is C8H5ClN2O2. The van der Waals surface area contributed by atoms with Gasteiger partial charge in [-0.15, -0.1) is 0 Å². The molecule has 0 aliphatic carbocycles. The molecule has 0 unspecified atom stereocenters. The van der Waals surface area contributed by atoms with Crippen LogP contribution >= 0.6 is 11.6 Å². The second-order valence-electron chi connectivity index (χ2n) is 2.46. The number of nitro groups is 1. The van der Waals surface area contributed by atoms with Gasteiger partial charge in [0.2, 0.25) is 0 Å². The molecule has 0 amide bonds. The van der Waals surface area contributed by atoms with E-state index in [0.29, 0.717) is 5.56 Å². The lowest BCUT2D eigenvalue weighted by Gasteiger charge is -1.99. The van der Waals surface area contributed by atoms with Crippen molar-refractivity contribution in [2.24, 2.45) is 0 Å². The minimum absolute atomic E-state index is 0.0903. The normalized spacial score (nSPS) is 9.31. The standard InChI is InChI=1S/C8H5ClN2O2/c1-5-2-3-7(11(12)13)8(9)6(5)4-10/h2-3H,1H3. The van der Waals surface area contributed by atoms with Gasteiger partial charge in [-0.2, -0.15) is 5.26 Å². The predicted molar refractivity (Wildman–Crippen MR) is 47.6 cm³/mol. The summed E-state index contributed by atoms with van der Waals surface area (Å²) in [5, 5.41) is 19.0. The molecule has 0 aliphatic rings. The average molecular weight is 197 g/mol. The molecule has 0 saturated carbocycles. The molecule has 0 saturated heterocycles. The Bertz CT molecular complexity index is 409. The molecule has 0 fully saturated rings. The molecule has 4 nitrogen and oxygen atoms in total. The van der Waals surface area contributed by atoms with Crippen LogP contribution in [0.15, 0.2) is 12.1 Å². The Morgan fingerprint density at radius 3 is 2.69 bits per heavy atom. The fourth-order valence-electron chi connectivity index (χ4n) is 0.940. The van der Waals surface area contributed by atoms with Crippen molar-refractivity contribution in [1.29, 1.82) is 5.26 Å². The monoisotopic (exact) mass is 196 g/mol. The van der Waals surface area contributed by atoms with Gasteiger partial charge in [0.05, 0.1) is 10.5 Å². The Morgan fingerprint density at radius 2 is 2.23 bits per heavy atom. The molecule has 66 valence electrons. The van der Waals surface area contributed by atoms with E-state index in [2.05, 4.69) is 0 Å². The molecule has 0 aromatic heterocycles. The van der Waals surface area contributed by atoms with Crippen molar-refractivity contribution in [3.05, 3.63) is 38.4 Å². The molecule has 1 rings (SSSR count). The molecule has 1 aromatic rings. The van der Waals surface area contributed by atoms with Gasteiger partial charge in [0.1, 0.15) is 11.1 Å². The van der Waals surface area contributed by atoms with E-state index in [-0.39, 0.29) is 16.3 Å². The first-order chi connectivity index (χ1) is 6.07. The van der Waals surface area contributed by atoms with Crippen LogP contribution in [0.1, 0.15) is 11.1 Å². The Labute approximate surface area is 79.5 Å². The lowest BCUT2D eigenvalue weighted by atomic mass is 10.1. The molecule has 0 atom stereocenters. The van der Waals surface area contributed by atoms with Crippen LogP contribution in [0.4, 0.5) is 5.69 Å². The first-order valence-electron chi connectivity index (χ1n) is 3.41. The van der Waals surface area contributed by atoms with E-state index in [1.54, 1.807) is 6.92 Å². The zero-order valence-electron chi connectivity index (χ0n) is 6.74. The number of halogens is 1. The maximum absolute atomic E-state index is 10.4. The van der Waals surface area contributed by atoms with Gasteiger partial charge in [0.25, 0.3) is 5.69 Å². The maximum atomic E-state index is 10.4. The molecule has 0 N–H and O–H groups in total. The fourth-order valence-corrected chi connectivity index (χ4v) is 1.26. The van der Waals surface area contributed by atoms with Crippen molar-refractivity contribution in [1.82, 2.24) is 0 Å². The quantitative estimate of drug-likeness (QED) is 0.512. The molecule has 0 aliphatic heterocycles. The lowest BCUT2D eigenvalue weighted by Crippen LogP contribution is -1.93. The summed E-state index contributed by atoms with van der Waals surface area (Å²) in [4.78, 5) is 9.80. The minimum Gasteiger partial charge on any atom is -0.258 e. The van der Waals surface area contributed by atoms with Crippen LogP contribution in [-0.4, -0.2) is 4.92 Å². The fraction of sp³-hybridized carbons (Fsp3) is 0.125. The van der Waals surface area contributed by atoms with Crippen LogP contribution in [0.2, 0.25) is 5.02 Å². The van der Waals surface area contributed by atoms with Crippen LogP contribution in [0, 0.1) is 28.4 Å². The highest BCUT2D eigenvalue weighted by molar-refractivity contribution is 6.33. The zero-order valence-corrected chi connectivity index (χ0v) is 7.50. The second kappa shape index (κ2) is 3.42. The largest absolute Gasteiger partial charge is 0.289 e. The Hall–Kier alpha value is -1.60. The molecule has 0 heterocycles. The third-order valence-electron chi connectivity index (χ3n) is 1.64. The van der Waals surface area contributed by atoms with E-state index in [1.807, 2.05) is 6.07 Å². The van der Waals surface area contributed by atoms with Crippen LogP contribution in [0.5, 0.6) is 0 Å². The molecular weight excluding hydrogens is 192 g/mol. The summed E-state index contributed by atoms with van der Waals surface area (Å²) in [6.07, 6.45) is 0. The molecule has 13 heavy (non-hydrogen) atoms. The highest BCUT2D eigenvalue weighted by Crippen LogP contribution is 2.29. The molecule has 1 aromatic carbocycles. The van der Waals surface area contributed by atoms with Crippen LogP contribution in [0.25, 0.3) is 0 Å². The van der Waals surface area contributed by atoms with Gasteiger partial charge >= 0.3 is 0 Å². The van der Waals surface area contributed by atoms with Crippen molar-refractivity contribution in [3.63, 3.8) is 0 Å². The average Bonchev–Trinajstić information content (AvgIpc) is 2.04. The molecule has 0 radical (unpaired) electrons. The van der Waals surface area contributed by atoms with Crippen molar-refractivity contribution >= 4 is 17.3 Å². The van der Waals surface area contributed by atoms with Gasteiger partial charge in [-0.1, -0.05) is 17.7 Å². The van der Waals surface area contributed by atoms with Gasteiger partial charge < -0.3 is 0 Å². The first-order valence-corrected chi connectivity index (χ1v) is 3.79. The lowest BCUT2D eigenvalue weighted by molar-refractivity contribution is -0.384. The van der Waals surface area contributed by atoms with Gasteiger partial charge in [0, 0.05) is 6.07 Å². The van der Waals surface area contributed by atoms with Crippen LogP contribution in [0.3, 0.4) is 0 Å². The topological polar surface area (TPSA) is 66.9 Å². The molecule has 0 bridgehead atoms. The van der Waals surface area contributed by atoms with E-state index in [1.165, 1.54) is 12.1 Å². The van der Waals surface area contributed by atoms with E-state index in [4.69, 9.17) is 16.9 Å². The highest BCUT2D eigenvalue weighted by Gasteiger charge is 2.16.